The molecule has 0 unspecified atom stereocenters. The second kappa shape index (κ2) is 10.1. The van der Waals surface area contributed by atoms with Gasteiger partial charge < -0.3 is 25.7 Å². The molecule has 0 saturated carbocycles. The van der Waals surface area contributed by atoms with Gasteiger partial charge in [0.2, 0.25) is 0 Å². The van der Waals surface area contributed by atoms with Crippen molar-refractivity contribution in [3.05, 3.63) is 65.5 Å². The van der Waals surface area contributed by atoms with Gasteiger partial charge in [-0.2, -0.15) is 0 Å². The van der Waals surface area contributed by atoms with E-state index >= 15 is 0 Å². The number of rotatable bonds is 9. The molecule has 0 amide bonds. The Balaban J connectivity index is 1.91. The fourth-order valence-corrected chi connectivity index (χ4v) is 3.41. The standard InChI is InChI=1S/C23H26FN5O3/c1-14(27-2)18(22(26)23(30)31)8-10-32-20-5-4-16(24)11-19(20)15-3-6-21-28-12-17(7-9-25)29(21)13-15/h3-6,11-13H,7-10,25-26H2,1-2H3,(H,30,31)/b22-18-,27-14?. The predicted molar refractivity (Wildman–Crippen MR) is 121 cm³/mol. The number of aromatic nitrogens is 2. The number of hydrogen-bond acceptors (Lipinski definition) is 6. The summed E-state index contributed by atoms with van der Waals surface area (Å²) in [5, 5.41) is 9.23. The predicted octanol–water partition coefficient (Wildman–Crippen LogP) is 2.80. The number of carboxylic acid groups (broad SMARTS) is 1. The highest BCUT2D eigenvalue weighted by Crippen LogP contribution is 2.31. The lowest BCUT2D eigenvalue weighted by Gasteiger charge is -2.14. The van der Waals surface area contributed by atoms with E-state index in [0.717, 1.165) is 16.9 Å². The minimum absolute atomic E-state index is 0.139. The van der Waals surface area contributed by atoms with E-state index in [1.165, 1.54) is 12.1 Å². The van der Waals surface area contributed by atoms with E-state index in [0.29, 0.717) is 35.6 Å². The molecule has 32 heavy (non-hydrogen) atoms. The number of aliphatic carboxylic acids is 1. The normalized spacial score (nSPS) is 12.7. The zero-order valence-electron chi connectivity index (χ0n) is 18.0. The monoisotopic (exact) mass is 439 g/mol. The maximum absolute atomic E-state index is 14.1. The number of fused-ring (bicyclic) bond motifs is 1. The average Bonchev–Trinajstić information content (AvgIpc) is 3.19. The van der Waals surface area contributed by atoms with Gasteiger partial charge in [-0.15, -0.1) is 0 Å². The number of carboxylic acids is 1. The van der Waals surface area contributed by atoms with Crippen LogP contribution in [-0.4, -0.2) is 46.4 Å². The van der Waals surface area contributed by atoms with E-state index in [1.807, 2.05) is 22.7 Å². The van der Waals surface area contributed by atoms with Crippen LogP contribution in [0.1, 0.15) is 19.0 Å². The molecule has 0 aliphatic heterocycles. The number of benzene rings is 1. The highest BCUT2D eigenvalue weighted by molar-refractivity contribution is 6.04. The number of ether oxygens (including phenoxy) is 1. The van der Waals surface area contributed by atoms with Gasteiger partial charge in [0.25, 0.3) is 0 Å². The Morgan fingerprint density at radius 2 is 2.09 bits per heavy atom. The van der Waals surface area contributed by atoms with E-state index in [9.17, 15) is 14.3 Å². The maximum atomic E-state index is 14.1. The van der Waals surface area contributed by atoms with Crippen molar-refractivity contribution in [2.45, 2.75) is 19.8 Å². The van der Waals surface area contributed by atoms with Crippen molar-refractivity contribution >= 4 is 17.3 Å². The summed E-state index contributed by atoms with van der Waals surface area (Å²) in [6.45, 7) is 2.32. The van der Waals surface area contributed by atoms with Crippen LogP contribution in [0.15, 0.2) is 59.0 Å². The second-order valence-corrected chi connectivity index (χ2v) is 7.18. The number of aliphatic imine (C=N–C) groups is 1. The molecule has 0 radical (unpaired) electrons. The largest absolute Gasteiger partial charge is 0.493 e. The number of pyridine rings is 1. The van der Waals surface area contributed by atoms with Crippen molar-refractivity contribution in [1.82, 2.24) is 9.38 Å². The number of carbonyl (C=O) groups is 1. The Morgan fingerprint density at radius 1 is 1.31 bits per heavy atom. The zero-order chi connectivity index (χ0) is 23.3. The Labute approximate surface area is 185 Å². The van der Waals surface area contributed by atoms with E-state index in [-0.39, 0.29) is 18.7 Å². The van der Waals surface area contributed by atoms with Crippen LogP contribution in [0.3, 0.4) is 0 Å². The van der Waals surface area contributed by atoms with Crippen molar-refractivity contribution in [1.29, 1.82) is 0 Å². The third-order valence-corrected chi connectivity index (χ3v) is 5.17. The molecule has 1 aromatic carbocycles. The van der Waals surface area contributed by atoms with E-state index < -0.39 is 11.8 Å². The van der Waals surface area contributed by atoms with Crippen LogP contribution in [0.5, 0.6) is 5.75 Å². The Kier molecular flexibility index (Phi) is 7.21. The molecule has 0 fully saturated rings. The molecule has 0 atom stereocenters. The van der Waals surface area contributed by atoms with Gasteiger partial charge in [-0.3, -0.25) is 4.99 Å². The highest BCUT2D eigenvalue weighted by atomic mass is 19.1. The smallest absolute Gasteiger partial charge is 0.352 e. The molecule has 9 heteroatoms. The minimum atomic E-state index is -1.22. The topological polar surface area (TPSA) is 128 Å². The number of hydrogen-bond donors (Lipinski definition) is 3. The van der Waals surface area contributed by atoms with Crippen LogP contribution in [0.25, 0.3) is 16.8 Å². The number of halogens is 1. The van der Waals surface area contributed by atoms with E-state index in [1.54, 1.807) is 26.2 Å². The first-order valence-corrected chi connectivity index (χ1v) is 10.1. The van der Waals surface area contributed by atoms with Gasteiger partial charge in [0.15, 0.2) is 0 Å². The average molecular weight is 439 g/mol. The van der Waals surface area contributed by atoms with Gasteiger partial charge in [0.1, 0.15) is 22.9 Å². The number of nitrogens with two attached hydrogens (primary N) is 2. The van der Waals surface area contributed by atoms with Crippen LogP contribution < -0.4 is 16.2 Å². The molecule has 2 aromatic heterocycles. The van der Waals surface area contributed by atoms with Gasteiger partial charge in [0.05, 0.1) is 6.61 Å². The summed E-state index contributed by atoms with van der Waals surface area (Å²) in [4.78, 5) is 19.7. The Hall–Kier alpha value is -3.72. The molecule has 0 spiro atoms. The fraction of sp³-hybridized carbons (Fsp3) is 0.261. The van der Waals surface area contributed by atoms with Gasteiger partial charge in [-0.1, -0.05) is 0 Å². The zero-order valence-corrected chi connectivity index (χ0v) is 18.0. The number of nitrogens with zero attached hydrogens (tertiary/aromatic N) is 3. The third kappa shape index (κ3) is 4.94. The van der Waals surface area contributed by atoms with E-state index in [2.05, 4.69) is 9.98 Å². The highest BCUT2D eigenvalue weighted by Gasteiger charge is 2.15. The first-order valence-electron chi connectivity index (χ1n) is 10.1. The summed E-state index contributed by atoms with van der Waals surface area (Å²) in [6.07, 6.45) is 4.54. The minimum Gasteiger partial charge on any atom is -0.493 e. The maximum Gasteiger partial charge on any atom is 0.352 e. The lowest BCUT2D eigenvalue weighted by Crippen LogP contribution is -2.18. The summed E-state index contributed by atoms with van der Waals surface area (Å²) < 4.78 is 21.9. The van der Waals surface area contributed by atoms with Crippen LogP contribution in [0.2, 0.25) is 0 Å². The van der Waals surface area contributed by atoms with Gasteiger partial charge in [-0.05, 0) is 43.8 Å². The summed E-state index contributed by atoms with van der Waals surface area (Å²) >= 11 is 0. The Morgan fingerprint density at radius 3 is 2.78 bits per heavy atom. The van der Waals surface area contributed by atoms with E-state index in [4.69, 9.17) is 16.2 Å². The molecule has 168 valence electrons. The third-order valence-electron chi connectivity index (χ3n) is 5.17. The Bertz CT molecular complexity index is 1200. The molecule has 3 aromatic rings. The van der Waals surface area contributed by atoms with Crippen molar-refractivity contribution in [2.24, 2.45) is 16.5 Å². The molecular formula is C23H26FN5O3. The number of imidazole rings is 1. The molecule has 3 rings (SSSR count). The lowest BCUT2D eigenvalue weighted by atomic mass is 10.1. The summed E-state index contributed by atoms with van der Waals surface area (Å²) in [5.41, 5.74) is 15.1. The quantitative estimate of drug-likeness (QED) is 0.347. The first kappa shape index (κ1) is 23.0. The molecule has 0 saturated heterocycles. The van der Waals surface area contributed by atoms with Crippen molar-refractivity contribution in [3.63, 3.8) is 0 Å². The van der Waals surface area contributed by atoms with Gasteiger partial charge in [0, 0.05) is 60.4 Å². The molecule has 5 N–H and O–H groups in total. The molecular weight excluding hydrogens is 413 g/mol. The van der Waals surface area contributed by atoms with Crippen molar-refractivity contribution < 1.29 is 19.0 Å². The fourth-order valence-electron chi connectivity index (χ4n) is 3.41. The molecule has 2 heterocycles. The first-order chi connectivity index (χ1) is 15.3. The molecule has 0 aliphatic carbocycles. The SMILES string of the molecule is CN=C(C)/C(CCOc1ccc(F)cc1-c1ccc2ncc(CCN)n2c1)=C(\N)C(=O)O. The van der Waals surface area contributed by atoms with Crippen molar-refractivity contribution in [3.8, 4) is 16.9 Å². The lowest BCUT2D eigenvalue weighted by molar-refractivity contribution is -0.132. The van der Waals surface area contributed by atoms with Crippen LogP contribution in [0, 0.1) is 5.82 Å². The van der Waals surface area contributed by atoms with Crippen LogP contribution >= 0.6 is 0 Å². The summed E-state index contributed by atoms with van der Waals surface area (Å²) in [5.74, 6) is -1.15. The van der Waals surface area contributed by atoms with Crippen LogP contribution in [0.4, 0.5) is 4.39 Å². The van der Waals surface area contributed by atoms with Gasteiger partial charge in [-0.25, -0.2) is 14.2 Å². The molecule has 0 aliphatic rings. The molecule has 0 bridgehead atoms. The summed E-state index contributed by atoms with van der Waals surface area (Å²) in [7, 11) is 1.56. The van der Waals surface area contributed by atoms with Crippen LogP contribution in [-0.2, 0) is 11.2 Å². The second-order valence-electron chi connectivity index (χ2n) is 7.18. The van der Waals surface area contributed by atoms with Gasteiger partial charge >= 0.3 is 5.97 Å². The molecule has 8 nitrogen and oxygen atoms in total. The van der Waals surface area contributed by atoms with Crippen molar-refractivity contribution in [2.75, 3.05) is 20.2 Å². The summed E-state index contributed by atoms with van der Waals surface area (Å²) in [6, 6.07) is 7.96.